The van der Waals surface area contributed by atoms with Crippen molar-refractivity contribution in [2.45, 2.75) is 45.1 Å². The summed E-state index contributed by atoms with van der Waals surface area (Å²) in [5.41, 5.74) is 0. The molecule has 2 fully saturated rings. The minimum Gasteiger partial charge on any atom is -0.313 e. The van der Waals surface area contributed by atoms with Crippen LogP contribution in [0.4, 0.5) is 0 Å². The van der Waals surface area contributed by atoms with Crippen molar-refractivity contribution >= 4 is 0 Å². The average Bonchev–Trinajstić information content (AvgIpc) is 2.76. The molecule has 0 aromatic carbocycles. The molecule has 2 aliphatic rings. The van der Waals surface area contributed by atoms with Gasteiger partial charge in [0.05, 0.1) is 0 Å². The fourth-order valence-electron chi connectivity index (χ4n) is 2.67. The van der Waals surface area contributed by atoms with Crippen molar-refractivity contribution in [1.82, 2.24) is 15.3 Å². The first-order valence-corrected chi connectivity index (χ1v) is 6.63. The number of hydrogen-bond donors (Lipinski definition) is 1. The number of piperidine rings is 1. The maximum absolute atomic E-state index is 3.63. The van der Waals surface area contributed by atoms with Crippen molar-refractivity contribution in [1.29, 1.82) is 0 Å². The van der Waals surface area contributed by atoms with Crippen LogP contribution in [0.1, 0.15) is 39.0 Å². The topological polar surface area (TPSA) is 18.5 Å². The van der Waals surface area contributed by atoms with Gasteiger partial charge in [-0.05, 0) is 32.2 Å². The Bertz CT molecular complexity index is 178. The van der Waals surface area contributed by atoms with Gasteiger partial charge in [0.1, 0.15) is 0 Å². The second-order valence-electron chi connectivity index (χ2n) is 4.87. The molecule has 0 radical (unpaired) electrons. The Balaban J connectivity index is 1.71. The molecule has 2 aliphatic heterocycles. The number of hydrogen-bond acceptors (Lipinski definition) is 3. The molecule has 1 unspecified atom stereocenters. The van der Waals surface area contributed by atoms with Crippen LogP contribution in [0.5, 0.6) is 0 Å². The summed E-state index contributed by atoms with van der Waals surface area (Å²) in [7, 11) is 0. The maximum Gasteiger partial charge on any atom is 0.0288 e. The normalized spacial score (nSPS) is 29.8. The largest absolute Gasteiger partial charge is 0.313 e. The Morgan fingerprint density at radius 1 is 1.07 bits per heavy atom. The minimum absolute atomic E-state index is 0.742. The van der Waals surface area contributed by atoms with Gasteiger partial charge in [-0.25, -0.2) is 10.0 Å². The summed E-state index contributed by atoms with van der Waals surface area (Å²) in [5.74, 6) is 0. The SMILES string of the molecule is CCCNC1CCN(N2CCCCC2)C1. The van der Waals surface area contributed by atoms with E-state index in [-0.39, 0.29) is 0 Å². The Kier molecular flexibility index (Phi) is 4.42. The molecule has 1 N–H and O–H groups in total. The molecule has 2 saturated heterocycles. The summed E-state index contributed by atoms with van der Waals surface area (Å²) in [6.07, 6.45) is 6.80. The third-order valence-electron chi connectivity index (χ3n) is 3.58. The highest BCUT2D eigenvalue weighted by molar-refractivity contribution is 4.80. The zero-order valence-corrected chi connectivity index (χ0v) is 10.0. The second kappa shape index (κ2) is 5.83. The number of nitrogens with one attached hydrogen (secondary N) is 1. The van der Waals surface area contributed by atoms with Crippen molar-refractivity contribution in [2.24, 2.45) is 0 Å². The smallest absolute Gasteiger partial charge is 0.0288 e. The van der Waals surface area contributed by atoms with E-state index in [2.05, 4.69) is 22.3 Å². The molecule has 0 aromatic rings. The molecule has 0 aromatic heterocycles. The molecule has 0 aliphatic carbocycles. The van der Waals surface area contributed by atoms with E-state index in [1.165, 1.54) is 64.8 Å². The Labute approximate surface area is 93.8 Å². The van der Waals surface area contributed by atoms with E-state index in [0.717, 1.165) is 6.04 Å². The van der Waals surface area contributed by atoms with E-state index in [9.17, 15) is 0 Å². The van der Waals surface area contributed by atoms with Gasteiger partial charge in [-0.2, -0.15) is 0 Å². The Morgan fingerprint density at radius 2 is 1.87 bits per heavy atom. The summed E-state index contributed by atoms with van der Waals surface area (Å²) in [5, 5.41) is 8.79. The standard InChI is InChI=1S/C12H25N3/c1-2-7-13-12-6-10-15(11-12)14-8-4-3-5-9-14/h12-13H,2-11H2,1H3. The van der Waals surface area contributed by atoms with E-state index in [0.29, 0.717) is 0 Å². The summed E-state index contributed by atoms with van der Waals surface area (Å²) >= 11 is 0. The second-order valence-corrected chi connectivity index (χ2v) is 4.87. The molecule has 1 atom stereocenters. The number of nitrogens with zero attached hydrogens (tertiary/aromatic N) is 2. The molecule has 88 valence electrons. The lowest BCUT2D eigenvalue weighted by Gasteiger charge is -2.34. The average molecular weight is 211 g/mol. The van der Waals surface area contributed by atoms with Gasteiger partial charge in [-0.1, -0.05) is 13.3 Å². The molecule has 0 amide bonds. The minimum atomic E-state index is 0.742. The van der Waals surface area contributed by atoms with Gasteiger partial charge >= 0.3 is 0 Å². The van der Waals surface area contributed by atoms with Crippen LogP contribution >= 0.6 is 0 Å². The lowest BCUT2D eigenvalue weighted by Crippen LogP contribution is -2.45. The van der Waals surface area contributed by atoms with Gasteiger partial charge in [0.2, 0.25) is 0 Å². The fourth-order valence-corrected chi connectivity index (χ4v) is 2.67. The van der Waals surface area contributed by atoms with Crippen LogP contribution < -0.4 is 5.32 Å². The van der Waals surface area contributed by atoms with E-state index in [1.54, 1.807) is 0 Å². The van der Waals surface area contributed by atoms with Crippen molar-refractivity contribution in [3.05, 3.63) is 0 Å². The van der Waals surface area contributed by atoms with E-state index >= 15 is 0 Å². The van der Waals surface area contributed by atoms with Crippen molar-refractivity contribution < 1.29 is 0 Å². The first kappa shape index (κ1) is 11.4. The third kappa shape index (κ3) is 3.16. The number of hydrazine groups is 1. The van der Waals surface area contributed by atoms with E-state index in [1.807, 2.05) is 0 Å². The van der Waals surface area contributed by atoms with Crippen LogP contribution in [0.25, 0.3) is 0 Å². The quantitative estimate of drug-likeness (QED) is 0.759. The summed E-state index contributed by atoms with van der Waals surface area (Å²) in [4.78, 5) is 0. The molecular formula is C12H25N3. The third-order valence-corrected chi connectivity index (χ3v) is 3.58. The highest BCUT2D eigenvalue weighted by atomic mass is 15.6. The number of rotatable bonds is 4. The van der Waals surface area contributed by atoms with Gasteiger partial charge in [0.15, 0.2) is 0 Å². The molecule has 15 heavy (non-hydrogen) atoms. The maximum atomic E-state index is 3.63. The van der Waals surface area contributed by atoms with Crippen molar-refractivity contribution in [3.63, 3.8) is 0 Å². The van der Waals surface area contributed by atoms with Gasteiger partial charge < -0.3 is 5.32 Å². The fraction of sp³-hybridized carbons (Fsp3) is 1.00. The molecule has 0 saturated carbocycles. The van der Waals surface area contributed by atoms with Crippen LogP contribution in [-0.2, 0) is 0 Å². The van der Waals surface area contributed by atoms with E-state index in [4.69, 9.17) is 0 Å². The Hall–Kier alpha value is -0.120. The highest BCUT2D eigenvalue weighted by Gasteiger charge is 2.26. The van der Waals surface area contributed by atoms with Gasteiger partial charge in [0, 0.05) is 32.2 Å². The zero-order chi connectivity index (χ0) is 10.5. The van der Waals surface area contributed by atoms with Crippen LogP contribution in [0.3, 0.4) is 0 Å². The van der Waals surface area contributed by atoms with Gasteiger partial charge in [-0.15, -0.1) is 0 Å². The van der Waals surface area contributed by atoms with Crippen LogP contribution in [-0.4, -0.2) is 48.8 Å². The van der Waals surface area contributed by atoms with Gasteiger partial charge in [-0.3, -0.25) is 0 Å². The van der Waals surface area contributed by atoms with Crippen LogP contribution in [0.2, 0.25) is 0 Å². The van der Waals surface area contributed by atoms with Crippen LogP contribution in [0.15, 0.2) is 0 Å². The summed E-state index contributed by atoms with van der Waals surface area (Å²) in [6, 6.07) is 0.742. The predicted molar refractivity (Wildman–Crippen MR) is 63.7 cm³/mol. The lowest BCUT2D eigenvalue weighted by molar-refractivity contribution is -0.0205. The molecule has 2 rings (SSSR count). The molecule has 2 heterocycles. The molecule has 0 bridgehead atoms. The molecule has 0 spiro atoms. The first-order chi connectivity index (χ1) is 7.40. The summed E-state index contributed by atoms with van der Waals surface area (Å²) in [6.45, 7) is 8.51. The van der Waals surface area contributed by atoms with Crippen LogP contribution in [0, 0.1) is 0 Å². The zero-order valence-electron chi connectivity index (χ0n) is 10.0. The lowest BCUT2D eigenvalue weighted by atomic mass is 10.2. The van der Waals surface area contributed by atoms with Crippen molar-refractivity contribution in [3.8, 4) is 0 Å². The highest BCUT2D eigenvalue weighted by Crippen LogP contribution is 2.17. The van der Waals surface area contributed by atoms with Gasteiger partial charge in [0.25, 0.3) is 0 Å². The first-order valence-electron chi connectivity index (χ1n) is 6.63. The monoisotopic (exact) mass is 211 g/mol. The summed E-state index contributed by atoms with van der Waals surface area (Å²) < 4.78 is 0. The molecular weight excluding hydrogens is 186 g/mol. The van der Waals surface area contributed by atoms with Crippen molar-refractivity contribution in [2.75, 3.05) is 32.7 Å². The van der Waals surface area contributed by atoms with E-state index < -0.39 is 0 Å². The molecule has 3 nitrogen and oxygen atoms in total. The molecule has 3 heteroatoms. The predicted octanol–water partition coefficient (Wildman–Crippen LogP) is 1.46. The Morgan fingerprint density at radius 3 is 2.60 bits per heavy atom.